The number of rotatable bonds is 5. The van der Waals surface area contributed by atoms with Crippen LogP contribution in [0.3, 0.4) is 0 Å². The molecule has 1 amide bonds. The average Bonchev–Trinajstić information content (AvgIpc) is 2.56. The molecule has 9 heteroatoms. The number of carbonyl (C=O) groups is 2. The maximum Gasteiger partial charge on any atom is 0.338 e. The number of esters is 1. The van der Waals surface area contributed by atoms with Crippen LogP contribution in [0, 0.1) is 22.9 Å². The third-order valence-corrected chi connectivity index (χ3v) is 3.78. The number of aryl methyl sites for hydroxylation is 1. The van der Waals surface area contributed by atoms with E-state index < -0.39 is 28.7 Å². The molecule has 0 radical (unpaired) electrons. The fourth-order valence-electron chi connectivity index (χ4n) is 2.09. The van der Waals surface area contributed by atoms with Crippen LogP contribution >= 0.6 is 11.6 Å². The zero-order valence-electron chi connectivity index (χ0n) is 13.8. The molecule has 7 nitrogen and oxygen atoms in total. The van der Waals surface area contributed by atoms with Gasteiger partial charge in [-0.2, -0.15) is 0 Å². The van der Waals surface area contributed by atoms with Gasteiger partial charge in [0.25, 0.3) is 11.6 Å². The molecule has 0 saturated heterocycles. The van der Waals surface area contributed by atoms with Crippen molar-refractivity contribution < 1.29 is 23.6 Å². The van der Waals surface area contributed by atoms with Gasteiger partial charge in [-0.1, -0.05) is 11.6 Å². The number of nitro benzene ring substituents is 1. The summed E-state index contributed by atoms with van der Waals surface area (Å²) in [5.74, 6) is -2.03. The summed E-state index contributed by atoms with van der Waals surface area (Å²) < 4.78 is 18.1. The van der Waals surface area contributed by atoms with Gasteiger partial charge >= 0.3 is 5.97 Å². The first-order valence-electron chi connectivity index (χ1n) is 7.41. The molecule has 2 aromatic rings. The molecular weight excluding hydrogens is 367 g/mol. The number of benzene rings is 2. The first kappa shape index (κ1) is 19.3. The summed E-state index contributed by atoms with van der Waals surface area (Å²) in [6.45, 7) is 2.84. The minimum atomic E-state index is -1.17. The molecule has 136 valence electrons. The van der Waals surface area contributed by atoms with E-state index in [1.807, 2.05) is 0 Å². The van der Waals surface area contributed by atoms with E-state index in [1.54, 1.807) is 0 Å². The zero-order chi connectivity index (χ0) is 19.4. The van der Waals surface area contributed by atoms with Crippen LogP contribution in [0.1, 0.15) is 22.8 Å². The molecule has 0 unspecified atom stereocenters. The molecule has 0 aliphatic heterocycles. The first-order valence-corrected chi connectivity index (χ1v) is 7.78. The fourth-order valence-corrected chi connectivity index (χ4v) is 2.31. The van der Waals surface area contributed by atoms with Gasteiger partial charge in [0.05, 0.1) is 21.2 Å². The summed E-state index contributed by atoms with van der Waals surface area (Å²) in [4.78, 5) is 34.4. The fraction of sp³-hybridized carbons (Fsp3) is 0.176. The Hall–Kier alpha value is -3.00. The molecular formula is C17H14ClFN2O5. The van der Waals surface area contributed by atoms with Gasteiger partial charge in [0.15, 0.2) is 6.10 Å². The third kappa shape index (κ3) is 4.54. The number of halogens is 2. The lowest BCUT2D eigenvalue weighted by Gasteiger charge is -2.14. The SMILES string of the molecule is Cc1cc(C(=O)O[C@@H](C)C(=O)Nc2ccc(F)cc2Cl)ccc1[N+](=O)[O-]. The average molecular weight is 381 g/mol. The second kappa shape index (κ2) is 7.92. The van der Waals surface area contributed by atoms with E-state index in [-0.39, 0.29) is 22.0 Å². The van der Waals surface area contributed by atoms with Crippen LogP contribution in [-0.2, 0) is 9.53 Å². The highest BCUT2D eigenvalue weighted by Crippen LogP contribution is 2.23. The molecule has 1 N–H and O–H groups in total. The molecule has 26 heavy (non-hydrogen) atoms. The van der Waals surface area contributed by atoms with Gasteiger partial charge in [-0.3, -0.25) is 14.9 Å². The minimum absolute atomic E-state index is 0.00266. The number of anilines is 1. The molecule has 0 heterocycles. The molecule has 0 aliphatic rings. The molecule has 0 aliphatic carbocycles. The van der Waals surface area contributed by atoms with Crippen molar-refractivity contribution >= 4 is 34.9 Å². The Kier molecular flexibility index (Phi) is 5.89. The van der Waals surface area contributed by atoms with Crippen LogP contribution < -0.4 is 5.32 Å². The van der Waals surface area contributed by atoms with Gasteiger partial charge in [-0.15, -0.1) is 0 Å². The summed E-state index contributed by atoms with van der Waals surface area (Å²) in [6.07, 6.45) is -1.17. The van der Waals surface area contributed by atoms with E-state index in [4.69, 9.17) is 16.3 Å². The monoisotopic (exact) mass is 380 g/mol. The van der Waals surface area contributed by atoms with Gasteiger partial charge in [0.1, 0.15) is 5.82 Å². The maximum absolute atomic E-state index is 13.0. The van der Waals surface area contributed by atoms with Crippen molar-refractivity contribution in [3.63, 3.8) is 0 Å². The van der Waals surface area contributed by atoms with E-state index in [0.717, 1.165) is 12.1 Å². The van der Waals surface area contributed by atoms with Crippen LogP contribution in [0.4, 0.5) is 15.8 Å². The van der Waals surface area contributed by atoms with Crippen molar-refractivity contribution in [2.24, 2.45) is 0 Å². The zero-order valence-corrected chi connectivity index (χ0v) is 14.5. The summed E-state index contributed by atoms with van der Waals surface area (Å²) in [5.41, 5.74) is 0.414. The summed E-state index contributed by atoms with van der Waals surface area (Å²) in [6, 6.07) is 7.18. The Bertz CT molecular complexity index is 887. The molecule has 0 bridgehead atoms. The van der Waals surface area contributed by atoms with Gasteiger partial charge in [0.2, 0.25) is 0 Å². The number of nitro groups is 1. The first-order chi connectivity index (χ1) is 12.2. The number of hydrogen-bond acceptors (Lipinski definition) is 5. The second-order valence-electron chi connectivity index (χ2n) is 5.42. The van der Waals surface area contributed by atoms with Crippen LogP contribution in [-0.4, -0.2) is 22.9 Å². The highest BCUT2D eigenvalue weighted by atomic mass is 35.5. The number of hydrogen-bond donors (Lipinski definition) is 1. The molecule has 0 spiro atoms. The van der Waals surface area contributed by atoms with Gasteiger partial charge in [-0.05, 0) is 44.2 Å². The third-order valence-electron chi connectivity index (χ3n) is 3.47. The normalized spacial score (nSPS) is 11.5. The Morgan fingerprint density at radius 3 is 2.54 bits per heavy atom. The number of carbonyl (C=O) groups excluding carboxylic acids is 2. The van der Waals surface area contributed by atoms with Crippen molar-refractivity contribution in [3.8, 4) is 0 Å². The molecule has 0 saturated carbocycles. The molecule has 0 fully saturated rings. The Balaban J connectivity index is 2.05. The predicted octanol–water partition coefficient (Wildman–Crippen LogP) is 3.88. The Morgan fingerprint density at radius 2 is 1.96 bits per heavy atom. The lowest BCUT2D eigenvalue weighted by molar-refractivity contribution is -0.385. The van der Waals surface area contributed by atoms with E-state index in [1.165, 1.54) is 38.1 Å². The van der Waals surface area contributed by atoms with E-state index in [2.05, 4.69) is 5.32 Å². The maximum atomic E-state index is 13.0. The Morgan fingerprint density at radius 1 is 1.27 bits per heavy atom. The topological polar surface area (TPSA) is 98.5 Å². The molecule has 1 atom stereocenters. The summed E-state index contributed by atoms with van der Waals surface area (Å²) >= 11 is 5.82. The van der Waals surface area contributed by atoms with Gasteiger partial charge in [-0.25, -0.2) is 9.18 Å². The second-order valence-corrected chi connectivity index (χ2v) is 5.83. The largest absolute Gasteiger partial charge is 0.449 e. The Labute approximate surface area is 152 Å². The van der Waals surface area contributed by atoms with Crippen molar-refractivity contribution in [2.75, 3.05) is 5.32 Å². The predicted molar refractivity (Wildman–Crippen MR) is 92.8 cm³/mol. The van der Waals surface area contributed by atoms with Gasteiger partial charge < -0.3 is 10.1 Å². The van der Waals surface area contributed by atoms with E-state index in [9.17, 15) is 24.1 Å². The van der Waals surface area contributed by atoms with Crippen molar-refractivity contribution in [3.05, 3.63) is 68.5 Å². The quantitative estimate of drug-likeness (QED) is 0.482. The standard InChI is InChI=1S/C17H14ClFN2O5/c1-9-7-11(3-6-15(9)21(24)25)17(23)26-10(2)16(22)20-14-5-4-12(19)8-13(14)18/h3-8,10H,1-2H3,(H,20,22)/t10-/m0/s1. The van der Waals surface area contributed by atoms with Crippen LogP contribution in [0.2, 0.25) is 5.02 Å². The van der Waals surface area contributed by atoms with Crippen molar-refractivity contribution in [1.29, 1.82) is 0 Å². The number of nitrogens with one attached hydrogen (secondary N) is 1. The minimum Gasteiger partial charge on any atom is -0.449 e. The van der Waals surface area contributed by atoms with Crippen LogP contribution in [0.5, 0.6) is 0 Å². The smallest absolute Gasteiger partial charge is 0.338 e. The van der Waals surface area contributed by atoms with E-state index in [0.29, 0.717) is 5.56 Å². The highest BCUT2D eigenvalue weighted by Gasteiger charge is 2.21. The number of amides is 1. The van der Waals surface area contributed by atoms with Gasteiger partial charge in [0, 0.05) is 11.6 Å². The summed E-state index contributed by atoms with van der Waals surface area (Å²) in [7, 11) is 0. The highest BCUT2D eigenvalue weighted by molar-refractivity contribution is 6.33. The number of nitrogens with zero attached hydrogens (tertiary/aromatic N) is 1. The summed E-state index contributed by atoms with van der Waals surface area (Å²) in [5, 5.41) is 13.2. The molecule has 2 rings (SSSR count). The molecule has 2 aromatic carbocycles. The van der Waals surface area contributed by atoms with Crippen molar-refractivity contribution in [2.45, 2.75) is 20.0 Å². The lowest BCUT2D eigenvalue weighted by Crippen LogP contribution is -2.30. The van der Waals surface area contributed by atoms with Crippen molar-refractivity contribution in [1.82, 2.24) is 0 Å². The van der Waals surface area contributed by atoms with Crippen LogP contribution in [0.15, 0.2) is 36.4 Å². The van der Waals surface area contributed by atoms with E-state index >= 15 is 0 Å². The number of ether oxygens (including phenoxy) is 1. The lowest BCUT2D eigenvalue weighted by atomic mass is 10.1. The van der Waals surface area contributed by atoms with Crippen LogP contribution in [0.25, 0.3) is 0 Å². The molecule has 0 aromatic heterocycles.